The molecule has 1 fully saturated rings. The average molecular weight is 297 g/mol. The predicted octanol–water partition coefficient (Wildman–Crippen LogP) is -0.883. The molecule has 1 saturated heterocycles. The van der Waals surface area contributed by atoms with Crippen LogP contribution in [0.5, 0.6) is 0 Å². The van der Waals surface area contributed by atoms with Crippen LogP contribution < -0.4 is 16.0 Å². The minimum Gasteiger partial charge on any atom is -0.353 e. The largest absolute Gasteiger partial charge is 0.353 e. The Morgan fingerprint density at radius 3 is 2.45 bits per heavy atom. The van der Waals surface area contributed by atoms with E-state index in [4.69, 9.17) is 0 Å². The second kappa shape index (κ2) is 5.59. The van der Waals surface area contributed by atoms with E-state index in [9.17, 15) is 18.0 Å². The number of carbonyl (C=O) groups is 2. The van der Waals surface area contributed by atoms with E-state index >= 15 is 0 Å². The smallest absolute Gasteiger partial charge is 0.243 e. The number of piperazine rings is 1. The van der Waals surface area contributed by atoms with Crippen molar-refractivity contribution in [2.75, 3.05) is 24.7 Å². The third kappa shape index (κ3) is 3.55. The van der Waals surface area contributed by atoms with Crippen molar-refractivity contribution in [1.82, 2.24) is 10.6 Å². The summed E-state index contributed by atoms with van der Waals surface area (Å²) >= 11 is 0. The van der Waals surface area contributed by atoms with Crippen molar-refractivity contribution in [3.8, 4) is 0 Å². The molecule has 2 amide bonds. The zero-order valence-corrected chi connectivity index (χ0v) is 11.7. The van der Waals surface area contributed by atoms with E-state index in [0.29, 0.717) is 5.69 Å². The van der Waals surface area contributed by atoms with Crippen LogP contribution in [0.15, 0.2) is 29.2 Å². The van der Waals surface area contributed by atoms with Gasteiger partial charge < -0.3 is 10.6 Å². The summed E-state index contributed by atoms with van der Waals surface area (Å²) in [6, 6.07) is 5.41. The van der Waals surface area contributed by atoms with Gasteiger partial charge in [-0.15, -0.1) is 0 Å². The van der Waals surface area contributed by atoms with Crippen molar-refractivity contribution >= 4 is 27.3 Å². The molecule has 2 rings (SSSR count). The Balaban J connectivity index is 2.00. The van der Waals surface area contributed by atoms with Crippen molar-refractivity contribution in [2.45, 2.75) is 10.9 Å². The number of benzene rings is 1. The maximum absolute atomic E-state index is 11.9. The van der Waals surface area contributed by atoms with Gasteiger partial charge in [0, 0.05) is 18.5 Å². The number of sulfone groups is 1. The topological polar surface area (TPSA) is 104 Å². The number of amides is 2. The van der Waals surface area contributed by atoms with Gasteiger partial charge in [-0.3, -0.25) is 14.9 Å². The van der Waals surface area contributed by atoms with Gasteiger partial charge in [0.2, 0.25) is 11.8 Å². The number of nitrogens with one attached hydrogen (secondary N) is 3. The van der Waals surface area contributed by atoms with Crippen molar-refractivity contribution in [2.24, 2.45) is 0 Å². The van der Waals surface area contributed by atoms with E-state index in [1.165, 1.54) is 24.3 Å². The Hall–Kier alpha value is -1.93. The van der Waals surface area contributed by atoms with Crippen LogP contribution in [0.2, 0.25) is 0 Å². The molecule has 3 N–H and O–H groups in total. The molecular formula is C12H15N3O4S. The Morgan fingerprint density at radius 2 is 1.95 bits per heavy atom. The average Bonchev–Trinajstić information content (AvgIpc) is 2.39. The van der Waals surface area contributed by atoms with E-state index in [1.54, 1.807) is 0 Å². The summed E-state index contributed by atoms with van der Waals surface area (Å²) in [5.41, 5.74) is 0.501. The fourth-order valence-electron chi connectivity index (χ4n) is 1.77. The Bertz CT molecular complexity index is 615. The van der Waals surface area contributed by atoms with Crippen molar-refractivity contribution < 1.29 is 18.0 Å². The quantitative estimate of drug-likeness (QED) is 0.672. The lowest BCUT2D eigenvalue weighted by atomic mass is 10.2. The van der Waals surface area contributed by atoms with Crippen LogP contribution in [0.4, 0.5) is 5.69 Å². The van der Waals surface area contributed by atoms with Crippen molar-refractivity contribution in [3.05, 3.63) is 24.3 Å². The van der Waals surface area contributed by atoms with E-state index in [-0.39, 0.29) is 29.8 Å². The molecule has 0 radical (unpaired) electrons. The third-order valence-electron chi connectivity index (χ3n) is 2.88. The van der Waals surface area contributed by atoms with Gasteiger partial charge in [-0.2, -0.15) is 0 Å². The standard InChI is InChI=1S/C12H15N3O4S/c1-20(18,19)9-4-2-8(3-5-9)15-12(17)10-6-14-11(16)7-13-10/h2-5,10,13H,6-7H2,1H3,(H,14,16)(H,15,17). The number of carbonyl (C=O) groups excluding carboxylic acids is 2. The highest BCUT2D eigenvalue weighted by atomic mass is 32.2. The first-order valence-electron chi connectivity index (χ1n) is 5.97. The van der Waals surface area contributed by atoms with Crippen LogP contribution in [-0.2, 0) is 19.4 Å². The Labute approximate surface area is 116 Å². The van der Waals surface area contributed by atoms with Gasteiger partial charge in [0.15, 0.2) is 9.84 Å². The van der Waals surface area contributed by atoms with Gasteiger partial charge in [-0.1, -0.05) is 0 Å². The van der Waals surface area contributed by atoms with E-state index in [1.807, 2.05) is 0 Å². The molecule has 0 saturated carbocycles. The van der Waals surface area contributed by atoms with E-state index in [0.717, 1.165) is 6.26 Å². The number of hydrogen-bond acceptors (Lipinski definition) is 5. The molecular weight excluding hydrogens is 282 g/mol. The maximum Gasteiger partial charge on any atom is 0.243 e. The second-order valence-electron chi connectivity index (χ2n) is 4.52. The first kappa shape index (κ1) is 14.5. The number of rotatable bonds is 3. The van der Waals surface area contributed by atoms with Crippen LogP contribution in [-0.4, -0.2) is 45.6 Å². The van der Waals surface area contributed by atoms with E-state index in [2.05, 4.69) is 16.0 Å². The SMILES string of the molecule is CS(=O)(=O)c1ccc(NC(=O)C2CNC(=O)CN2)cc1. The molecule has 0 aromatic heterocycles. The van der Waals surface area contributed by atoms with Crippen LogP contribution in [0.3, 0.4) is 0 Å². The molecule has 8 heteroatoms. The monoisotopic (exact) mass is 297 g/mol. The van der Waals surface area contributed by atoms with Crippen LogP contribution >= 0.6 is 0 Å². The summed E-state index contributed by atoms with van der Waals surface area (Å²) in [5, 5.41) is 8.05. The second-order valence-corrected chi connectivity index (χ2v) is 6.54. The number of hydrogen-bond donors (Lipinski definition) is 3. The fraction of sp³-hybridized carbons (Fsp3) is 0.333. The summed E-state index contributed by atoms with van der Waals surface area (Å²) < 4.78 is 22.6. The predicted molar refractivity (Wildman–Crippen MR) is 73.0 cm³/mol. The molecule has 1 heterocycles. The summed E-state index contributed by atoms with van der Waals surface area (Å²) in [7, 11) is -3.25. The third-order valence-corrected chi connectivity index (χ3v) is 4.01. The highest BCUT2D eigenvalue weighted by molar-refractivity contribution is 7.90. The molecule has 20 heavy (non-hydrogen) atoms. The van der Waals surface area contributed by atoms with Crippen LogP contribution in [0.25, 0.3) is 0 Å². The minimum atomic E-state index is -3.25. The summed E-state index contributed by atoms with van der Waals surface area (Å²) in [4.78, 5) is 23.1. The van der Waals surface area contributed by atoms with Crippen LogP contribution in [0.1, 0.15) is 0 Å². The molecule has 0 bridgehead atoms. The highest BCUT2D eigenvalue weighted by Gasteiger charge is 2.23. The molecule has 1 aromatic carbocycles. The molecule has 108 valence electrons. The Kier molecular flexibility index (Phi) is 4.05. The molecule has 1 aliphatic heterocycles. The molecule has 1 atom stereocenters. The Morgan fingerprint density at radius 1 is 1.30 bits per heavy atom. The maximum atomic E-state index is 11.9. The zero-order chi connectivity index (χ0) is 14.8. The molecule has 1 unspecified atom stereocenters. The molecule has 0 aliphatic carbocycles. The number of anilines is 1. The summed E-state index contributed by atoms with van der Waals surface area (Å²) in [6.45, 7) is 0.331. The normalized spacial score (nSPS) is 19.2. The van der Waals surface area contributed by atoms with Gasteiger partial charge in [0.1, 0.15) is 6.04 Å². The molecule has 7 nitrogen and oxygen atoms in total. The van der Waals surface area contributed by atoms with Gasteiger partial charge in [0.25, 0.3) is 0 Å². The van der Waals surface area contributed by atoms with Gasteiger partial charge in [-0.05, 0) is 24.3 Å². The zero-order valence-electron chi connectivity index (χ0n) is 10.8. The summed E-state index contributed by atoms with van der Waals surface area (Å²) in [5.74, 6) is -0.427. The highest BCUT2D eigenvalue weighted by Crippen LogP contribution is 2.14. The lowest BCUT2D eigenvalue weighted by Gasteiger charge is -2.23. The summed E-state index contributed by atoms with van der Waals surface area (Å²) in [6.07, 6.45) is 1.12. The molecule has 1 aromatic rings. The first-order chi connectivity index (χ1) is 9.36. The fourth-order valence-corrected chi connectivity index (χ4v) is 2.40. The lowest BCUT2D eigenvalue weighted by Crippen LogP contribution is -2.56. The van der Waals surface area contributed by atoms with Gasteiger partial charge in [-0.25, -0.2) is 8.42 Å². The van der Waals surface area contributed by atoms with Gasteiger partial charge in [0.05, 0.1) is 11.4 Å². The van der Waals surface area contributed by atoms with Crippen LogP contribution in [0, 0.1) is 0 Å². The van der Waals surface area contributed by atoms with Gasteiger partial charge >= 0.3 is 0 Å². The lowest BCUT2D eigenvalue weighted by molar-refractivity contribution is -0.124. The molecule has 0 spiro atoms. The molecule has 1 aliphatic rings. The van der Waals surface area contributed by atoms with Crippen molar-refractivity contribution in [3.63, 3.8) is 0 Å². The minimum absolute atomic E-state index is 0.102. The van der Waals surface area contributed by atoms with E-state index < -0.39 is 15.9 Å². The van der Waals surface area contributed by atoms with Crippen molar-refractivity contribution in [1.29, 1.82) is 0 Å². The first-order valence-corrected chi connectivity index (χ1v) is 7.86.